The highest BCUT2D eigenvalue weighted by molar-refractivity contribution is 6.07. The van der Waals surface area contributed by atoms with Crippen molar-refractivity contribution in [2.75, 3.05) is 26.2 Å². The number of carbonyl (C=O) groups is 2. The van der Waals surface area contributed by atoms with Gasteiger partial charge in [0.05, 0.1) is 18.6 Å². The Morgan fingerprint density at radius 2 is 2.04 bits per heavy atom. The number of nitrogens with one attached hydrogen (secondary N) is 2. The monoisotopic (exact) mass is 371 g/mol. The smallest absolute Gasteiger partial charge is 0.307 e. The largest absolute Gasteiger partial charge is 0.466 e. The standard InChI is InChI=1S/C21H29N3O3/c1-2-27-20(25)9-13-23-21(26)18-15-24(19-6-4-3-5-17(18)19)14-10-16-7-11-22-12-8-16/h3-6,15-16,22H,2,7-14H2,1H3,(H,23,26). The number of benzene rings is 1. The summed E-state index contributed by atoms with van der Waals surface area (Å²) >= 11 is 0. The average molecular weight is 371 g/mol. The van der Waals surface area contributed by atoms with Crippen LogP contribution in [0.2, 0.25) is 0 Å². The van der Waals surface area contributed by atoms with Crippen molar-refractivity contribution in [3.05, 3.63) is 36.0 Å². The van der Waals surface area contributed by atoms with E-state index in [0.717, 1.165) is 42.9 Å². The van der Waals surface area contributed by atoms with Gasteiger partial charge in [0.2, 0.25) is 0 Å². The van der Waals surface area contributed by atoms with E-state index in [0.29, 0.717) is 12.2 Å². The topological polar surface area (TPSA) is 72.4 Å². The first-order valence-electron chi connectivity index (χ1n) is 9.91. The second kappa shape index (κ2) is 9.55. The van der Waals surface area contributed by atoms with Crippen LogP contribution in [0, 0.1) is 5.92 Å². The molecule has 6 nitrogen and oxygen atoms in total. The lowest BCUT2D eigenvalue weighted by molar-refractivity contribution is -0.142. The molecule has 1 fully saturated rings. The zero-order valence-corrected chi connectivity index (χ0v) is 16.0. The van der Waals surface area contributed by atoms with Crippen molar-refractivity contribution in [2.45, 2.75) is 39.2 Å². The Balaban J connectivity index is 1.66. The lowest BCUT2D eigenvalue weighted by Crippen LogP contribution is -2.28. The van der Waals surface area contributed by atoms with Gasteiger partial charge < -0.3 is 19.9 Å². The fourth-order valence-corrected chi connectivity index (χ4v) is 3.71. The Morgan fingerprint density at radius 1 is 1.26 bits per heavy atom. The molecule has 1 saturated heterocycles. The van der Waals surface area contributed by atoms with E-state index in [1.807, 2.05) is 24.4 Å². The minimum atomic E-state index is -0.290. The fourth-order valence-electron chi connectivity index (χ4n) is 3.71. The number of aromatic nitrogens is 1. The Labute approximate surface area is 160 Å². The molecule has 0 atom stereocenters. The number of aryl methyl sites for hydroxylation is 1. The molecule has 0 spiro atoms. The molecule has 0 radical (unpaired) electrons. The van der Waals surface area contributed by atoms with E-state index in [1.54, 1.807) is 6.92 Å². The van der Waals surface area contributed by atoms with E-state index in [2.05, 4.69) is 21.3 Å². The highest BCUT2D eigenvalue weighted by Crippen LogP contribution is 2.24. The van der Waals surface area contributed by atoms with Crippen molar-refractivity contribution in [3.8, 4) is 0 Å². The number of hydrogen-bond acceptors (Lipinski definition) is 4. The highest BCUT2D eigenvalue weighted by atomic mass is 16.5. The summed E-state index contributed by atoms with van der Waals surface area (Å²) in [4.78, 5) is 24.1. The summed E-state index contributed by atoms with van der Waals surface area (Å²) in [6.45, 7) is 5.54. The van der Waals surface area contributed by atoms with E-state index in [-0.39, 0.29) is 24.8 Å². The summed E-state index contributed by atoms with van der Waals surface area (Å²) < 4.78 is 7.09. The second-order valence-corrected chi connectivity index (χ2v) is 7.05. The third-order valence-electron chi connectivity index (χ3n) is 5.19. The lowest BCUT2D eigenvalue weighted by atomic mass is 9.95. The molecule has 2 N–H and O–H groups in total. The molecule has 1 aromatic heterocycles. The van der Waals surface area contributed by atoms with Crippen LogP contribution in [0.4, 0.5) is 0 Å². The number of fused-ring (bicyclic) bond motifs is 1. The lowest BCUT2D eigenvalue weighted by Gasteiger charge is -2.22. The van der Waals surface area contributed by atoms with Gasteiger partial charge in [-0.25, -0.2) is 0 Å². The van der Waals surface area contributed by atoms with E-state index in [9.17, 15) is 9.59 Å². The molecule has 1 aliphatic heterocycles. The summed E-state index contributed by atoms with van der Waals surface area (Å²) in [7, 11) is 0. The van der Waals surface area contributed by atoms with Crippen LogP contribution >= 0.6 is 0 Å². The zero-order valence-electron chi connectivity index (χ0n) is 16.0. The summed E-state index contributed by atoms with van der Waals surface area (Å²) in [5.74, 6) is 0.313. The molecular formula is C21H29N3O3. The Kier molecular flexibility index (Phi) is 6.87. The Hall–Kier alpha value is -2.34. The third-order valence-corrected chi connectivity index (χ3v) is 5.19. The van der Waals surface area contributed by atoms with Gasteiger partial charge in [-0.1, -0.05) is 18.2 Å². The Morgan fingerprint density at radius 3 is 2.81 bits per heavy atom. The summed E-state index contributed by atoms with van der Waals surface area (Å²) in [6, 6.07) is 8.00. The van der Waals surface area contributed by atoms with Crippen LogP contribution < -0.4 is 10.6 Å². The van der Waals surface area contributed by atoms with E-state index in [1.165, 1.54) is 12.8 Å². The van der Waals surface area contributed by atoms with Gasteiger partial charge in [0.15, 0.2) is 0 Å². The maximum Gasteiger partial charge on any atom is 0.307 e. The predicted octanol–water partition coefficient (Wildman–Crippen LogP) is 2.71. The number of carbonyl (C=O) groups excluding carboxylic acids is 2. The maximum atomic E-state index is 12.6. The molecule has 146 valence electrons. The number of ether oxygens (including phenoxy) is 1. The molecule has 1 aromatic carbocycles. The SMILES string of the molecule is CCOC(=O)CCNC(=O)c1cn(CCC2CCNCC2)c2ccccc12. The molecule has 6 heteroatoms. The molecule has 27 heavy (non-hydrogen) atoms. The molecule has 0 aliphatic carbocycles. The van der Waals surface area contributed by atoms with Gasteiger partial charge in [-0.15, -0.1) is 0 Å². The number of nitrogens with zero attached hydrogens (tertiary/aromatic N) is 1. The van der Waals surface area contributed by atoms with Crippen molar-refractivity contribution >= 4 is 22.8 Å². The first-order chi connectivity index (χ1) is 13.2. The molecular weight excluding hydrogens is 342 g/mol. The first kappa shape index (κ1) is 19.4. The molecule has 0 saturated carbocycles. The molecule has 2 aromatic rings. The van der Waals surface area contributed by atoms with Crippen LogP contribution in [0.15, 0.2) is 30.5 Å². The molecule has 3 rings (SSSR count). The predicted molar refractivity (Wildman–Crippen MR) is 106 cm³/mol. The van der Waals surface area contributed by atoms with Crippen LogP contribution in [0.5, 0.6) is 0 Å². The molecule has 0 bridgehead atoms. The summed E-state index contributed by atoms with van der Waals surface area (Å²) in [5.41, 5.74) is 1.75. The molecule has 1 amide bonds. The van der Waals surface area contributed by atoms with Crippen molar-refractivity contribution in [2.24, 2.45) is 5.92 Å². The van der Waals surface area contributed by atoms with E-state index < -0.39 is 0 Å². The number of rotatable bonds is 8. The number of amides is 1. The van der Waals surface area contributed by atoms with Crippen LogP contribution in [0.1, 0.15) is 43.0 Å². The number of piperidine rings is 1. The number of hydrogen-bond donors (Lipinski definition) is 2. The minimum absolute atomic E-state index is 0.142. The van der Waals surface area contributed by atoms with Gasteiger partial charge in [-0.05, 0) is 51.3 Å². The fraction of sp³-hybridized carbons (Fsp3) is 0.524. The van der Waals surface area contributed by atoms with E-state index >= 15 is 0 Å². The summed E-state index contributed by atoms with van der Waals surface area (Å²) in [6.07, 6.45) is 5.71. The van der Waals surface area contributed by atoms with Gasteiger partial charge in [0.1, 0.15) is 0 Å². The molecule has 0 unspecified atom stereocenters. The van der Waals surface area contributed by atoms with Crippen LogP contribution in [-0.4, -0.2) is 42.7 Å². The highest BCUT2D eigenvalue weighted by Gasteiger charge is 2.17. The van der Waals surface area contributed by atoms with E-state index in [4.69, 9.17) is 4.74 Å². The normalized spacial score (nSPS) is 15.0. The number of esters is 1. The van der Waals surface area contributed by atoms with Crippen LogP contribution in [-0.2, 0) is 16.1 Å². The minimum Gasteiger partial charge on any atom is -0.466 e. The van der Waals surface area contributed by atoms with Crippen molar-refractivity contribution in [1.82, 2.24) is 15.2 Å². The molecule has 1 aliphatic rings. The van der Waals surface area contributed by atoms with Crippen molar-refractivity contribution in [3.63, 3.8) is 0 Å². The zero-order chi connectivity index (χ0) is 19.1. The van der Waals surface area contributed by atoms with Crippen molar-refractivity contribution in [1.29, 1.82) is 0 Å². The van der Waals surface area contributed by atoms with Gasteiger partial charge in [-0.2, -0.15) is 0 Å². The van der Waals surface area contributed by atoms with Crippen molar-refractivity contribution < 1.29 is 14.3 Å². The summed E-state index contributed by atoms with van der Waals surface area (Å²) in [5, 5.41) is 7.20. The maximum absolute atomic E-state index is 12.6. The van der Waals surface area contributed by atoms with Crippen LogP contribution in [0.3, 0.4) is 0 Å². The quantitative estimate of drug-likeness (QED) is 0.700. The molecule has 2 heterocycles. The third kappa shape index (κ3) is 5.10. The number of para-hydroxylation sites is 1. The average Bonchev–Trinajstić information content (AvgIpc) is 3.06. The van der Waals surface area contributed by atoms with Crippen LogP contribution in [0.25, 0.3) is 10.9 Å². The first-order valence-corrected chi connectivity index (χ1v) is 9.91. The Bertz CT molecular complexity index is 778. The second-order valence-electron chi connectivity index (χ2n) is 7.05. The van der Waals surface area contributed by atoms with Gasteiger partial charge in [0, 0.05) is 30.2 Å². The van der Waals surface area contributed by atoms with Gasteiger partial charge in [0.25, 0.3) is 5.91 Å². The van der Waals surface area contributed by atoms with Gasteiger partial charge in [-0.3, -0.25) is 9.59 Å². The van der Waals surface area contributed by atoms with Gasteiger partial charge >= 0.3 is 5.97 Å².